The van der Waals surface area contributed by atoms with Crippen LogP contribution in [-0.2, 0) is 4.84 Å². The molecule has 1 unspecified atom stereocenters. The van der Waals surface area contributed by atoms with E-state index in [0.29, 0.717) is 16.8 Å². The number of hydrogen-bond acceptors (Lipinski definition) is 4. The van der Waals surface area contributed by atoms with Crippen molar-refractivity contribution in [1.29, 1.82) is 0 Å². The molecule has 0 bridgehead atoms. The second-order valence-corrected chi connectivity index (χ2v) is 5.53. The molecule has 0 heterocycles. The second kappa shape index (κ2) is 8.60. The number of oxime groups is 1. The number of hydrogen-bond donors (Lipinski definition) is 2. The van der Waals surface area contributed by atoms with Gasteiger partial charge in [0.2, 0.25) is 0 Å². The first-order valence-corrected chi connectivity index (χ1v) is 8.13. The number of aliphatic hydroxyl groups excluding tert-OH is 1. The molecule has 0 fully saturated rings. The van der Waals surface area contributed by atoms with E-state index in [1.54, 1.807) is 48.5 Å². The summed E-state index contributed by atoms with van der Waals surface area (Å²) in [5.41, 5.74) is 2.16. The van der Waals surface area contributed by atoms with E-state index < -0.39 is 12.2 Å². The van der Waals surface area contributed by atoms with Crippen molar-refractivity contribution >= 4 is 17.5 Å². The van der Waals surface area contributed by atoms with E-state index in [9.17, 15) is 9.90 Å². The van der Waals surface area contributed by atoms with Gasteiger partial charge >= 0.3 is 6.09 Å². The molecule has 0 aliphatic heterocycles. The Morgan fingerprint density at radius 1 is 0.846 bits per heavy atom. The molecule has 5 heteroatoms. The first-order valence-electron chi connectivity index (χ1n) is 8.13. The molecule has 5 nitrogen and oxygen atoms in total. The molecule has 0 spiro atoms. The Bertz CT molecular complexity index is 866. The molecule has 2 N–H and O–H groups in total. The molecule has 1 atom stereocenters. The van der Waals surface area contributed by atoms with Crippen LogP contribution in [0, 0.1) is 0 Å². The van der Waals surface area contributed by atoms with Crippen LogP contribution in [0.25, 0.3) is 0 Å². The van der Waals surface area contributed by atoms with Crippen LogP contribution in [0.3, 0.4) is 0 Å². The van der Waals surface area contributed by atoms with Gasteiger partial charge in [-0.15, -0.1) is 0 Å². The van der Waals surface area contributed by atoms with Gasteiger partial charge in [0, 0.05) is 11.3 Å². The minimum Gasteiger partial charge on any atom is -0.382 e. The maximum Gasteiger partial charge on any atom is 0.437 e. The van der Waals surface area contributed by atoms with E-state index in [2.05, 4.69) is 10.5 Å². The third kappa shape index (κ3) is 4.55. The fourth-order valence-electron chi connectivity index (χ4n) is 2.42. The van der Waals surface area contributed by atoms with E-state index in [-0.39, 0.29) is 5.71 Å². The summed E-state index contributed by atoms with van der Waals surface area (Å²) in [5.74, 6) is 0. The Morgan fingerprint density at radius 2 is 1.38 bits per heavy atom. The number of nitrogens with one attached hydrogen (secondary N) is 1. The summed E-state index contributed by atoms with van der Waals surface area (Å²) in [6.45, 7) is 0. The van der Waals surface area contributed by atoms with E-state index >= 15 is 0 Å². The van der Waals surface area contributed by atoms with Gasteiger partial charge in [-0.2, -0.15) is 0 Å². The number of carbonyl (C=O) groups excluding carboxylic acids is 1. The van der Waals surface area contributed by atoms with Gasteiger partial charge in [0.25, 0.3) is 0 Å². The number of amides is 1. The van der Waals surface area contributed by atoms with Gasteiger partial charge in [0.1, 0.15) is 11.8 Å². The summed E-state index contributed by atoms with van der Waals surface area (Å²) in [5, 5.41) is 17.2. The highest BCUT2D eigenvalue weighted by Crippen LogP contribution is 2.19. The quantitative estimate of drug-likeness (QED) is 0.409. The zero-order valence-electron chi connectivity index (χ0n) is 13.9. The maximum absolute atomic E-state index is 12.0. The third-order valence-corrected chi connectivity index (χ3v) is 3.69. The zero-order valence-corrected chi connectivity index (χ0v) is 13.9. The highest BCUT2D eigenvalue weighted by atomic mass is 16.7. The first-order chi connectivity index (χ1) is 12.7. The predicted octanol–water partition coefficient (Wildman–Crippen LogP) is 4.37. The van der Waals surface area contributed by atoms with Crippen molar-refractivity contribution in [2.75, 3.05) is 5.32 Å². The van der Waals surface area contributed by atoms with Gasteiger partial charge in [-0.25, -0.2) is 4.79 Å². The Morgan fingerprint density at radius 3 is 2.00 bits per heavy atom. The highest BCUT2D eigenvalue weighted by molar-refractivity contribution is 6.04. The minimum absolute atomic E-state index is 0.250. The molecule has 0 aliphatic rings. The topological polar surface area (TPSA) is 70.9 Å². The lowest BCUT2D eigenvalue weighted by molar-refractivity contribution is 0.163. The molecule has 0 aromatic heterocycles. The molecule has 1 amide bonds. The number of carbonyl (C=O) groups is 1. The fourth-order valence-corrected chi connectivity index (χ4v) is 2.42. The van der Waals surface area contributed by atoms with Crippen LogP contribution in [0.4, 0.5) is 10.5 Å². The minimum atomic E-state index is -1.02. The summed E-state index contributed by atoms with van der Waals surface area (Å²) in [7, 11) is 0. The summed E-state index contributed by atoms with van der Waals surface area (Å²) in [4.78, 5) is 17.0. The normalized spacial score (nSPS) is 12.3. The second-order valence-electron chi connectivity index (χ2n) is 5.53. The van der Waals surface area contributed by atoms with Crippen LogP contribution < -0.4 is 5.32 Å². The van der Waals surface area contributed by atoms with Crippen molar-refractivity contribution in [2.45, 2.75) is 6.10 Å². The van der Waals surface area contributed by atoms with E-state index in [4.69, 9.17) is 4.84 Å². The summed E-state index contributed by atoms with van der Waals surface area (Å²) >= 11 is 0. The van der Waals surface area contributed by atoms with E-state index in [1.807, 2.05) is 42.5 Å². The SMILES string of the molecule is O=C(Nc1ccccc1)ON=C(c1ccccc1)C(O)c1ccccc1. The van der Waals surface area contributed by atoms with Crippen molar-refractivity contribution in [3.8, 4) is 0 Å². The molecular formula is C21H18N2O3. The van der Waals surface area contributed by atoms with Crippen LogP contribution in [-0.4, -0.2) is 16.9 Å². The van der Waals surface area contributed by atoms with Crippen molar-refractivity contribution in [3.63, 3.8) is 0 Å². The lowest BCUT2D eigenvalue weighted by Gasteiger charge is -2.14. The highest BCUT2D eigenvalue weighted by Gasteiger charge is 2.18. The maximum atomic E-state index is 12.0. The van der Waals surface area contributed by atoms with Crippen LogP contribution in [0.15, 0.2) is 96.2 Å². The Balaban J connectivity index is 1.81. The van der Waals surface area contributed by atoms with Crippen molar-refractivity contribution in [3.05, 3.63) is 102 Å². The lowest BCUT2D eigenvalue weighted by Crippen LogP contribution is -2.17. The van der Waals surface area contributed by atoms with Gasteiger partial charge in [-0.3, -0.25) is 10.2 Å². The molecule has 3 rings (SSSR count). The van der Waals surface area contributed by atoms with Gasteiger partial charge < -0.3 is 5.11 Å². The zero-order chi connectivity index (χ0) is 18.2. The molecule has 0 saturated carbocycles. The van der Waals surface area contributed by atoms with Crippen molar-refractivity contribution < 1.29 is 14.7 Å². The summed E-state index contributed by atoms with van der Waals surface area (Å²) < 4.78 is 0. The van der Waals surface area contributed by atoms with Crippen LogP contribution in [0.2, 0.25) is 0 Å². The van der Waals surface area contributed by atoms with Gasteiger partial charge in [0.15, 0.2) is 0 Å². The Kier molecular flexibility index (Phi) is 5.75. The number of benzene rings is 3. The average Bonchev–Trinajstić information content (AvgIpc) is 2.70. The standard InChI is InChI=1S/C21H18N2O3/c24-20(17-12-6-2-7-13-17)19(16-10-4-1-5-11-16)23-26-21(25)22-18-14-8-3-9-15-18/h1-15,20,24H,(H,22,25). The molecule has 3 aromatic carbocycles. The van der Waals surface area contributed by atoms with E-state index in [1.165, 1.54) is 0 Å². The summed E-state index contributed by atoms with van der Waals surface area (Å²) in [6, 6.07) is 27.1. The molecular weight excluding hydrogens is 328 g/mol. The van der Waals surface area contributed by atoms with Crippen LogP contribution in [0.5, 0.6) is 0 Å². The smallest absolute Gasteiger partial charge is 0.382 e. The number of anilines is 1. The predicted molar refractivity (Wildman–Crippen MR) is 101 cm³/mol. The monoisotopic (exact) mass is 346 g/mol. The van der Waals surface area contributed by atoms with E-state index in [0.717, 1.165) is 0 Å². The lowest BCUT2D eigenvalue weighted by atomic mass is 9.99. The number of para-hydroxylation sites is 1. The van der Waals surface area contributed by atoms with Crippen molar-refractivity contribution in [2.24, 2.45) is 5.16 Å². The number of aliphatic hydroxyl groups is 1. The molecule has 3 aromatic rings. The number of rotatable bonds is 5. The molecule has 130 valence electrons. The fraction of sp³-hybridized carbons (Fsp3) is 0.0476. The molecule has 0 aliphatic carbocycles. The van der Waals surface area contributed by atoms with Crippen molar-refractivity contribution in [1.82, 2.24) is 0 Å². The van der Waals surface area contributed by atoms with Crippen LogP contribution in [0.1, 0.15) is 17.2 Å². The molecule has 0 radical (unpaired) electrons. The Hall–Kier alpha value is -3.44. The van der Waals surface area contributed by atoms with Gasteiger partial charge in [0.05, 0.1) is 0 Å². The average molecular weight is 346 g/mol. The Labute approximate surface area is 151 Å². The largest absolute Gasteiger partial charge is 0.437 e. The van der Waals surface area contributed by atoms with Gasteiger partial charge in [-0.1, -0.05) is 84.0 Å². The third-order valence-electron chi connectivity index (χ3n) is 3.69. The van der Waals surface area contributed by atoms with Crippen LogP contribution >= 0.6 is 0 Å². The molecule has 26 heavy (non-hydrogen) atoms. The van der Waals surface area contributed by atoms with Gasteiger partial charge in [-0.05, 0) is 17.7 Å². The number of nitrogens with zero attached hydrogens (tertiary/aromatic N) is 1. The molecule has 0 saturated heterocycles. The first kappa shape index (κ1) is 17.4. The summed E-state index contributed by atoms with van der Waals surface area (Å²) in [6.07, 6.45) is -1.76.